The third-order valence-electron chi connectivity index (χ3n) is 2.59. The van der Waals surface area contributed by atoms with Crippen molar-refractivity contribution in [2.75, 3.05) is 0 Å². The summed E-state index contributed by atoms with van der Waals surface area (Å²) in [5.41, 5.74) is 0.843. The van der Waals surface area contributed by atoms with Gasteiger partial charge in [-0.3, -0.25) is 4.79 Å². The first kappa shape index (κ1) is 14.0. The lowest BCUT2D eigenvalue weighted by Gasteiger charge is -2.08. The highest BCUT2D eigenvalue weighted by Gasteiger charge is 2.21. The quantitative estimate of drug-likeness (QED) is 0.357. The third kappa shape index (κ3) is 3.78. The summed E-state index contributed by atoms with van der Waals surface area (Å²) in [6, 6.07) is 16.7. The molecule has 100 valence electrons. The Morgan fingerprint density at radius 3 is 1.90 bits per heavy atom. The topological polar surface area (TPSA) is 26.3 Å². The van der Waals surface area contributed by atoms with Gasteiger partial charge in [-0.25, -0.2) is 8.63 Å². The number of carbonyl (C=O) groups is 1. The summed E-state index contributed by atoms with van der Waals surface area (Å²) in [5.74, 6) is -0.528. The van der Waals surface area contributed by atoms with Gasteiger partial charge in [0.2, 0.25) is 0 Å². The van der Waals surface area contributed by atoms with Gasteiger partial charge in [-0.2, -0.15) is 0 Å². The highest BCUT2D eigenvalue weighted by atomic mass is 19.2. The van der Waals surface area contributed by atoms with E-state index in [2.05, 4.69) is 4.65 Å². The zero-order valence-corrected chi connectivity index (χ0v) is 10.5. The van der Waals surface area contributed by atoms with Crippen LogP contribution in [0.2, 0.25) is 0 Å². The minimum absolute atomic E-state index is 0.144. The molecule has 2 aromatic carbocycles. The lowest BCUT2D eigenvalue weighted by atomic mass is 10.1. The summed E-state index contributed by atoms with van der Waals surface area (Å²) in [7, 11) is -2.98. The van der Waals surface area contributed by atoms with Crippen LogP contribution in [0.3, 0.4) is 0 Å². The Morgan fingerprint density at radius 1 is 0.900 bits per heavy atom. The Balaban J connectivity index is 2.32. The molecule has 0 atom stereocenters. The number of carbonyl (C=O) groups excluding carboxylic acids is 1. The molecular weight excluding hydrogens is 261 g/mol. The molecule has 0 aliphatic heterocycles. The second kappa shape index (κ2) is 6.66. The molecule has 0 saturated carbocycles. The van der Waals surface area contributed by atoms with Gasteiger partial charge in [0.1, 0.15) is 5.76 Å². The first-order valence-electron chi connectivity index (χ1n) is 5.98. The highest BCUT2D eigenvalue weighted by molar-refractivity contribution is 6.36. The minimum Gasteiger partial charge on any atom is -0.505 e. The number of rotatable bonds is 5. The molecule has 0 aliphatic rings. The SMILES string of the molecule is O=C(C=C(OB(F)F)c1ccccc1)c1ccccc1. The van der Waals surface area contributed by atoms with E-state index in [-0.39, 0.29) is 11.5 Å². The van der Waals surface area contributed by atoms with E-state index in [1.165, 1.54) is 0 Å². The first-order chi connectivity index (χ1) is 9.66. The summed E-state index contributed by atoms with van der Waals surface area (Å²) in [6.07, 6.45) is 1.08. The van der Waals surface area contributed by atoms with Crippen LogP contribution in [0.25, 0.3) is 5.76 Å². The molecule has 0 spiro atoms. The predicted molar refractivity (Wildman–Crippen MR) is 74.2 cm³/mol. The largest absolute Gasteiger partial charge is 0.796 e. The standard InChI is InChI=1S/C15H11BF2O2/c17-16(18)20-15(13-9-5-2-6-10-13)11-14(19)12-7-3-1-4-8-12/h1-11H. The Bertz CT molecular complexity index is 598. The number of halogens is 2. The van der Waals surface area contributed by atoms with E-state index >= 15 is 0 Å². The van der Waals surface area contributed by atoms with Crippen molar-refractivity contribution in [3.8, 4) is 0 Å². The Labute approximate surface area is 115 Å². The molecule has 0 unspecified atom stereocenters. The van der Waals surface area contributed by atoms with Crippen LogP contribution in [0.1, 0.15) is 15.9 Å². The Morgan fingerprint density at radius 2 is 1.40 bits per heavy atom. The van der Waals surface area contributed by atoms with Crippen molar-refractivity contribution in [1.29, 1.82) is 0 Å². The van der Waals surface area contributed by atoms with Gasteiger partial charge < -0.3 is 4.65 Å². The number of hydrogen-bond donors (Lipinski definition) is 0. The number of benzene rings is 2. The number of ketones is 1. The summed E-state index contributed by atoms with van der Waals surface area (Å²) in [4.78, 5) is 12.0. The van der Waals surface area contributed by atoms with Crippen molar-refractivity contribution in [2.24, 2.45) is 0 Å². The van der Waals surface area contributed by atoms with Crippen molar-refractivity contribution in [3.05, 3.63) is 77.9 Å². The summed E-state index contributed by atoms with van der Waals surface area (Å²) in [6.45, 7) is 0. The molecule has 0 amide bonds. The van der Waals surface area contributed by atoms with Crippen LogP contribution >= 0.6 is 0 Å². The molecule has 0 radical (unpaired) electrons. The maximum absolute atomic E-state index is 12.4. The summed E-state index contributed by atoms with van der Waals surface area (Å²) in [5, 5.41) is 0. The second-order valence-electron chi connectivity index (χ2n) is 3.98. The fourth-order valence-corrected chi connectivity index (χ4v) is 1.69. The van der Waals surface area contributed by atoms with E-state index in [0.29, 0.717) is 11.1 Å². The van der Waals surface area contributed by atoms with Crippen molar-refractivity contribution >= 4 is 19.0 Å². The third-order valence-corrected chi connectivity index (χ3v) is 2.59. The van der Waals surface area contributed by atoms with Crippen LogP contribution in [-0.4, -0.2) is 13.3 Å². The van der Waals surface area contributed by atoms with E-state index in [1.807, 2.05) is 0 Å². The number of allylic oxidation sites excluding steroid dienone is 1. The van der Waals surface area contributed by atoms with Crippen LogP contribution in [0.5, 0.6) is 0 Å². The lowest BCUT2D eigenvalue weighted by Crippen LogP contribution is -2.06. The maximum Gasteiger partial charge on any atom is 0.796 e. The van der Waals surface area contributed by atoms with Gasteiger partial charge in [0.15, 0.2) is 5.78 Å². The molecule has 0 aliphatic carbocycles. The average molecular weight is 272 g/mol. The van der Waals surface area contributed by atoms with E-state index in [9.17, 15) is 13.4 Å². The second-order valence-corrected chi connectivity index (χ2v) is 3.98. The monoisotopic (exact) mass is 272 g/mol. The molecule has 2 nitrogen and oxygen atoms in total. The van der Waals surface area contributed by atoms with E-state index in [0.717, 1.165) is 6.08 Å². The van der Waals surface area contributed by atoms with E-state index < -0.39 is 7.47 Å². The molecule has 5 heteroatoms. The summed E-state index contributed by atoms with van der Waals surface area (Å²) < 4.78 is 29.3. The first-order valence-corrected chi connectivity index (χ1v) is 5.98. The molecule has 0 saturated heterocycles. The lowest BCUT2D eigenvalue weighted by molar-refractivity contribution is 0.104. The molecule has 0 heterocycles. The van der Waals surface area contributed by atoms with Gasteiger partial charge in [-0.1, -0.05) is 60.7 Å². The van der Waals surface area contributed by atoms with Crippen LogP contribution in [-0.2, 0) is 4.65 Å². The highest BCUT2D eigenvalue weighted by Crippen LogP contribution is 2.18. The molecule has 2 aromatic rings. The van der Waals surface area contributed by atoms with Crippen molar-refractivity contribution < 1.29 is 18.1 Å². The van der Waals surface area contributed by atoms with Gasteiger partial charge >= 0.3 is 7.47 Å². The Hall–Kier alpha value is -2.43. The fourth-order valence-electron chi connectivity index (χ4n) is 1.69. The zero-order chi connectivity index (χ0) is 14.4. The van der Waals surface area contributed by atoms with Gasteiger partial charge in [-0.15, -0.1) is 0 Å². The van der Waals surface area contributed by atoms with E-state index in [4.69, 9.17) is 0 Å². The van der Waals surface area contributed by atoms with Gasteiger partial charge in [0.05, 0.1) is 0 Å². The van der Waals surface area contributed by atoms with Gasteiger partial charge in [0, 0.05) is 17.2 Å². The van der Waals surface area contributed by atoms with Crippen LogP contribution in [0, 0.1) is 0 Å². The minimum atomic E-state index is -2.98. The predicted octanol–water partition coefficient (Wildman–Crippen LogP) is 3.85. The van der Waals surface area contributed by atoms with Crippen molar-refractivity contribution in [1.82, 2.24) is 0 Å². The van der Waals surface area contributed by atoms with Crippen LogP contribution in [0.15, 0.2) is 66.7 Å². The number of hydrogen-bond acceptors (Lipinski definition) is 2. The molecule has 0 bridgehead atoms. The van der Waals surface area contributed by atoms with Gasteiger partial charge in [-0.05, 0) is 0 Å². The molecule has 0 N–H and O–H groups in total. The molecule has 2 rings (SSSR count). The zero-order valence-electron chi connectivity index (χ0n) is 10.5. The summed E-state index contributed by atoms with van der Waals surface area (Å²) >= 11 is 0. The molecule has 0 fully saturated rings. The van der Waals surface area contributed by atoms with Crippen molar-refractivity contribution in [3.63, 3.8) is 0 Å². The van der Waals surface area contributed by atoms with Gasteiger partial charge in [0.25, 0.3) is 0 Å². The maximum atomic E-state index is 12.4. The Kier molecular flexibility index (Phi) is 4.66. The molecular formula is C15H11BF2O2. The molecule has 0 aromatic heterocycles. The van der Waals surface area contributed by atoms with E-state index in [1.54, 1.807) is 60.7 Å². The van der Waals surface area contributed by atoms with Crippen molar-refractivity contribution in [2.45, 2.75) is 0 Å². The average Bonchev–Trinajstić information content (AvgIpc) is 2.48. The van der Waals surface area contributed by atoms with Crippen LogP contribution in [0.4, 0.5) is 8.63 Å². The normalized spacial score (nSPS) is 11.0. The smallest absolute Gasteiger partial charge is 0.505 e. The van der Waals surface area contributed by atoms with Crippen LogP contribution < -0.4 is 0 Å². The molecule has 20 heavy (non-hydrogen) atoms. The fraction of sp³-hybridized carbons (Fsp3) is 0.